The molecule has 0 saturated carbocycles. The Morgan fingerprint density at radius 2 is 2.19 bits per heavy atom. The lowest BCUT2D eigenvalue weighted by Crippen LogP contribution is -2.34. The number of hydrazine groups is 1. The maximum absolute atomic E-state index is 6.06. The van der Waals surface area contributed by atoms with Crippen LogP contribution >= 0.6 is 11.6 Å². The van der Waals surface area contributed by atoms with Crippen molar-refractivity contribution >= 4 is 11.6 Å². The molecule has 0 saturated heterocycles. The first-order valence-electron chi connectivity index (χ1n) is 5.16. The number of nitrogens with two attached hydrogens (primary N) is 1. The van der Waals surface area contributed by atoms with Gasteiger partial charge in [0.05, 0.1) is 18.8 Å². The van der Waals surface area contributed by atoms with Crippen molar-refractivity contribution in [2.75, 3.05) is 20.3 Å². The topological polar surface area (TPSA) is 59.3 Å². The summed E-state index contributed by atoms with van der Waals surface area (Å²) >= 11 is 6.06. The predicted octanol–water partition coefficient (Wildman–Crippen LogP) is 1.21. The molecule has 1 aromatic carbocycles. The van der Waals surface area contributed by atoms with Crippen LogP contribution in [0.3, 0.4) is 0 Å². The van der Waals surface area contributed by atoms with Gasteiger partial charge in [-0.25, -0.2) is 5.43 Å². The van der Waals surface area contributed by atoms with Crippen molar-refractivity contribution in [1.82, 2.24) is 10.7 Å². The number of nitrogens with one attached hydrogen (secondary N) is 2. The van der Waals surface area contributed by atoms with E-state index in [1.165, 1.54) is 11.1 Å². The fourth-order valence-electron chi connectivity index (χ4n) is 1.51. The second kappa shape index (κ2) is 6.70. The summed E-state index contributed by atoms with van der Waals surface area (Å²) in [4.78, 5) is 0. The molecule has 0 aromatic heterocycles. The Morgan fingerprint density at radius 1 is 1.44 bits per heavy atom. The second-order valence-electron chi connectivity index (χ2n) is 3.54. The summed E-state index contributed by atoms with van der Waals surface area (Å²) in [5.74, 6) is 5.87. The van der Waals surface area contributed by atoms with Gasteiger partial charge in [0.1, 0.15) is 5.75 Å². The smallest absolute Gasteiger partial charge is 0.137 e. The van der Waals surface area contributed by atoms with Gasteiger partial charge in [0.25, 0.3) is 0 Å². The quantitative estimate of drug-likeness (QED) is 0.304. The van der Waals surface area contributed by atoms with E-state index in [2.05, 4.69) is 17.7 Å². The standard InChI is InChI=1S/C11H18ClN3O/c1-8-5-11(16-2)10(12)6-9(8)3-4-14-7-15-13/h5-6,14-15H,3-4,7,13H2,1-2H3. The maximum atomic E-state index is 6.06. The molecule has 0 aliphatic rings. The van der Waals surface area contributed by atoms with Crippen LogP contribution in [0.1, 0.15) is 11.1 Å². The Morgan fingerprint density at radius 3 is 2.81 bits per heavy atom. The highest BCUT2D eigenvalue weighted by Crippen LogP contribution is 2.27. The molecule has 0 aliphatic carbocycles. The molecule has 0 unspecified atom stereocenters. The van der Waals surface area contributed by atoms with Crippen LogP contribution in [0.2, 0.25) is 5.02 Å². The van der Waals surface area contributed by atoms with Crippen LogP contribution < -0.4 is 21.3 Å². The van der Waals surface area contributed by atoms with Crippen molar-refractivity contribution in [3.63, 3.8) is 0 Å². The van der Waals surface area contributed by atoms with Crippen molar-refractivity contribution in [2.45, 2.75) is 13.3 Å². The molecule has 0 aliphatic heterocycles. The Balaban J connectivity index is 2.63. The number of hydrogen-bond donors (Lipinski definition) is 3. The predicted molar refractivity (Wildman–Crippen MR) is 66.6 cm³/mol. The first-order chi connectivity index (χ1) is 7.69. The summed E-state index contributed by atoms with van der Waals surface area (Å²) in [6, 6.07) is 3.91. The van der Waals surface area contributed by atoms with Gasteiger partial charge in [-0.05, 0) is 36.6 Å². The van der Waals surface area contributed by atoms with Crippen molar-refractivity contribution in [3.8, 4) is 5.75 Å². The highest BCUT2D eigenvalue weighted by molar-refractivity contribution is 6.32. The van der Waals surface area contributed by atoms with Crippen molar-refractivity contribution < 1.29 is 4.74 Å². The lowest BCUT2D eigenvalue weighted by molar-refractivity contribution is 0.414. The molecule has 1 aromatic rings. The monoisotopic (exact) mass is 243 g/mol. The third-order valence-electron chi connectivity index (χ3n) is 2.41. The van der Waals surface area contributed by atoms with Crippen molar-refractivity contribution in [1.29, 1.82) is 0 Å². The third-order valence-corrected chi connectivity index (χ3v) is 2.70. The molecular weight excluding hydrogens is 226 g/mol. The highest BCUT2D eigenvalue weighted by Gasteiger charge is 2.05. The Labute approximate surface area is 101 Å². The minimum Gasteiger partial charge on any atom is -0.495 e. The minimum atomic E-state index is 0.600. The van der Waals surface area contributed by atoms with Gasteiger partial charge in [-0.1, -0.05) is 11.6 Å². The summed E-state index contributed by atoms with van der Waals surface area (Å²) < 4.78 is 5.15. The van der Waals surface area contributed by atoms with Crippen molar-refractivity contribution in [3.05, 3.63) is 28.3 Å². The van der Waals surface area contributed by atoms with Crippen LogP contribution in [0.4, 0.5) is 0 Å². The summed E-state index contributed by atoms with van der Waals surface area (Å²) in [6.45, 7) is 3.51. The summed E-state index contributed by atoms with van der Waals surface area (Å²) in [5.41, 5.74) is 4.94. The molecule has 0 fully saturated rings. The maximum Gasteiger partial charge on any atom is 0.137 e. The average Bonchev–Trinajstić information content (AvgIpc) is 2.28. The van der Waals surface area contributed by atoms with Gasteiger partial charge in [-0.3, -0.25) is 5.84 Å². The van der Waals surface area contributed by atoms with Gasteiger partial charge < -0.3 is 10.1 Å². The lowest BCUT2D eigenvalue weighted by atomic mass is 10.1. The zero-order valence-corrected chi connectivity index (χ0v) is 10.4. The van der Waals surface area contributed by atoms with E-state index in [0.717, 1.165) is 18.7 Å². The number of methoxy groups -OCH3 is 1. The zero-order chi connectivity index (χ0) is 12.0. The summed E-state index contributed by atoms with van der Waals surface area (Å²) in [7, 11) is 1.62. The van der Waals surface area contributed by atoms with Crippen LogP contribution in [-0.2, 0) is 6.42 Å². The number of hydrogen-bond acceptors (Lipinski definition) is 4. The van der Waals surface area contributed by atoms with Gasteiger partial charge in [-0.15, -0.1) is 0 Å². The van der Waals surface area contributed by atoms with E-state index < -0.39 is 0 Å². The largest absolute Gasteiger partial charge is 0.495 e. The number of ether oxygens (including phenoxy) is 1. The Bertz CT molecular complexity index is 344. The van der Waals surface area contributed by atoms with Gasteiger partial charge in [0.2, 0.25) is 0 Å². The van der Waals surface area contributed by atoms with Crippen LogP contribution in [-0.4, -0.2) is 20.3 Å². The van der Waals surface area contributed by atoms with Crippen LogP contribution in [0.25, 0.3) is 0 Å². The van der Waals surface area contributed by atoms with Gasteiger partial charge in [-0.2, -0.15) is 0 Å². The van der Waals surface area contributed by atoms with Gasteiger partial charge in [0, 0.05) is 6.54 Å². The second-order valence-corrected chi connectivity index (χ2v) is 3.95. The molecule has 0 amide bonds. The number of halogens is 1. The molecule has 16 heavy (non-hydrogen) atoms. The fraction of sp³-hybridized carbons (Fsp3) is 0.455. The normalized spacial score (nSPS) is 10.5. The molecule has 1 rings (SSSR count). The Kier molecular flexibility index (Phi) is 5.55. The minimum absolute atomic E-state index is 0.600. The van der Waals surface area contributed by atoms with Crippen LogP contribution in [0, 0.1) is 6.92 Å². The molecule has 0 heterocycles. The van der Waals surface area contributed by atoms with Crippen LogP contribution in [0.5, 0.6) is 5.75 Å². The van der Waals surface area contributed by atoms with Gasteiger partial charge >= 0.3 is 0 Å². The van der Waals surface area contributed by atoms with Crippen molar-refractivity contribution in [2.24, 2.45) is 5.84 Å². The molecular formula is C11H18ClN3O. The molecule has 0 atom stereocenters. The van der Waals surface area contributed by atoms with E-state index in [1.807, 2.05) is 12.1 Å². The van der Waals surface area contributed by atoms with E-state index in [9.17, 15) is 0 Å². The number of benzene rings is 1. The Hall–Kier alpha value is -0.810. The zero-order valence-electron chi connectivity index (χ0n) is 9.64. The molecule has 0 radical (unpaired) electrons. The van der Waals surface area contributed by atoms with Gasteiger partial charge in [0.15, 0.2) is 0 Å². The van der Waals surface area contributed by atoms with E-state index in [0.29, 0.717) is 11.7 Å². The van der Waals surface area contributed by atoms with E-state index >= 15 is 0 Å². The van der Waals surface area contributed by atoms with E-state index in [-0.39, 0.29) is 0 Å². The first kappa shape index (κ1) is 13.3. The molecule has 0 spiro atoms. The fourth-order valence-corrected chi connectivity index (χ4v) is 1.77. The third kappa shape index (κ3) is 3.64. The summed E-state index contributed by atoms with van der Waals surface area (Å²) in [5, 5.41) is 3.80. The lowest BCUT2D eigenvalue weighted by Gasteiger charge is -2.10. The molecule has 4 N–H and O–H groups in total. The average molecular weight is 244 g/mol. The molecule has 5 heteroatoms. The molecule has 90 valence electrons. The first-order valence-corrected chi connectivity index (χ1v) is 5.54. The van der Waals surface area contributed by atoms with E-state index in [1.54, 1.807) is 7.11 Å². The molecule has 4 nitrogen and oxygen atoms in total. The SMILES string of the molecule is COc1cc(C)c(CCNCNN)cc1Cl. The highest BCUT2D eigenvalue weighted by atomic mass is 35.5. The van der Waals surface area contributed by atoms with Crippen LogP contribution in [0.15, 0.2) is 12.1 Å². The summed E-state index contributed by atoms with van der Waals surface area (Å²) in [6.07, 6.45) is 0.914. The number of rotatable bonds is 6. The number of aryl methyl sites for hydroxylation is 1. The van der Waals surface area contributed by atoms with E-state index in [4.69, 9.17) is 22.2 Å². The molecule has 0 bridgehead atoms.